The highest BCUT2D eigenvalue weighted by atomic mass is 16.5. The lowest BCUT2D eigenvalue weighted by molar-refractivity contribution is -0.123. The Morgan fingerprint density at radius 2 is 1.85 bits per heavy atom. The summed E-state index contributed by atoms with van der Waals surface area (Å²) in [6.07, 6.45) is -0.329. The van der Waals surface area contributed by atoms with Crippen molar-refractivity contribution in [1.29, 1.82) is 0 Å². The molecule has 8 nitrogen and oxygen atoms in total. The lowest BCUT2D eigenvalue weighted by atomic mass is 10.3. The number of anilines is 1. The summed E-state index contributed by atoms with van der Waals surface area (Å²) in [4.78, 5) is 36.1. The lowest BCUT2D eigenvalue weighted by Gasteiger charge is -2.14. The molecule has 1 amide bonds. The topological polar surface area (TPSA) is 99.5 Å². The Morgan fingerprint density at radius 3 is 2.48 bits per heavy atom. The first-order valence-corrected chi connectivity index (χ1v) is 8.77. The van der Waals surface area contributed by atoms with Crippen LogP contribution in [0.5, 0.6) is 5.75 Å². The van der Waals surface area contributed by atoms with Crippen LogP contribution in [0.15, 0.2) is 41.2 Å². The maximum Gasteiger partial charge on any atom is 0.359 e. The van der Waals surface area contributed by atoms with Crippen LogP contribution in [-0.4, -0.2) is 34.4 Å². The maximum absolute atomic E-state index is 12.2. The average Bonchev–Trinajstić information content (AvgIpc) is 2.65. The third kappa shape index (κ3) is 5.67. The zero-order valence-electron chi connectivity index (χ0n) is 15.6. The van der Waals surface area contributed by atoms with Crippen molar-refractivity contribution in [3.63, 3.8) is 0 Å². The monoisotopic (exact) mass is 373 g/mol. The molecule has 1 unspecified atom stereocenters. The minimum Gasteiger partial charge on any atom is -0.494 e. The van der Waals surface area contributed by atoms with Crippen molar-refractivity contribution in [3.8, 4) is 5.75 Å². The van der Waals surface area contributed by atoms with Crippen molar-refractivity contribution in [2.24, 2.45) is 0 Å². The van der Waals surface area contributed by atoms with Gasteiger partial charge in [0.2, 0.25) is 0 Å². The van der Waals surface area contributed by atoms with E-state index in [1.54, 1.807) is 24.3 Å². The van der Waals surface area contributed by atoms with E-state index in [4.69, 9.17) is 9.47 Å². The molecule has 0 spiro atoms. The molecule has 0 saturated heterocycles. The number of hydrogen-bond acceptors (Lipinski definition) is 6. The van der Waals surface area contributed by atoms with Gasteiger partial charge in [0.25, 0.3) is 11.5 Å². The Labute approximate surface area is 157 Å². The van der Waals surface area contributed by atoms with Crippen LogP contribution < -0.4 is 15.6 Å². The normalized spacial score (nSPS) is 11.5. The zero-order chi connectivity index (χ0) is 19.8. The van der Waals surface area contributed by atoms with Crippen molar-refractivity contribution in [1.82, 2.24) is 9.78 Å². The van der Waals surface area contributed by atoms with E-state index in [1.165, 1.54) is 23.7 Å². The Hall–Kier alpha value is -3.16. The molecule has 1 aromatic heterocycles. The van der Waals surface area contributed by atoms with E-state index in [2.05, 4.69) is 10.4 Å². The molecule has 144 valence electrons. The van der Waals surface area contributed by atoms with Gasteiger partial charge in [0.1, 0.15) is 5.75 Å². The number of carbonyl (C=O) groups is 2. The molecule has 0 bridgehead atoms. The minimum absolute atomic E-state index is 0.0243. The van der Waals surface area contributed by atoms with Crippen molar-refractivity contribution < 1.29 is 19.1 Å². The summed E-state index contributed by atoms with van der Waals surface area (Å²) in [6, 6.07) is 9.39. The molecule has 2 rings (SSSR count). The largest absolute Gasteiger partial charge is 0.494 e. The van der Waals surface area contributed by atoms with Crippen LogP contribution in [0.25, 0.3) is 0 Å². The van der Waals surface area contributed by atoms with Gasteiger partial charge in [-0.05, 0) is 50.6 Å². The van der Waals surface area contributed by atoms with E-state index in [9.17, 15) is 14.4 Å². The molecular weight excluding hydrogens is 350 g/mol. The van der Waals surface area contributed by atoms with Crippen LogP contribution in [0, 0.1) is 0 Å². The highest BCUT2D eigenvalue weighted by molar-refractivity contribution is 5.96. The number of aromatic nitrogens is 2. The molecular formula is C19H23N3O5. The van der Waals surface area contributed by atoms with Crippen molar-refractivity contribution in [2.75, 3.05) is 11.9 Å². The summed E-state index contributed by atoms with van der Waals surface area (Å²) >= 11 is 0. The summed E-state index contributed by atoms with van der Waals surface area (Å²) in [5.74, 6) is -0.549. The van der Waals surface area contributed by atoms with E-state index >= 15 is 0 Å². The number of carbonyl (C=O) groups excluding carboxylic acids is 2. The van der Waals surface area contributed by atoms with Gasteiger partial charge in [-0.15, -0.1) is 0 Å². The SMILES string of the molecule is CCCn1nc(C(=O)OC(C)C(=O)Nc2ccc(OCC)cc2)ccc1=O. The fourth-order valence-electron chi connectivity index (χ4n) is 2.25. The zero-order valence-corrected chi connectivity index (χ0v) is 15.6. The average molecular weight is 373 g/mol. The van der Waals surface area contributed by atoms with Crippen LogP contribution >= 0.6 is 0 Å². The Balaban J connectivity index is 1.98. The molecule has 0 saturated carbocycles. The molecule has 27 heavy (non-hydrogen) atoms. The molecule has 0 radical (unpaired) electrons. The van der Waals surface area contributed by atoms with Gasteiger partial charge >= 0.3 is 5.97 Å². The fraction of sp³-hybridized carbons (Fsp3) is 0.368. The van der Waals surface area contributed by atoms with Crippen LogP contribution in [0.1, 0.15) is 37.7 Å². The van der Waals surface area contributed by atoms with Crippen LogP contribution in [0.2, 0.25) is 0 Å². The standard InChI is InChI=1S/C19H23N3O5/c1-4-12-22-17(23)11-10-16(21-22)19(25)27-13(3)18(24)20-14-6-8-15(9-7-14)26-5-2/h6-11,13H,4-5,12H2,1-3H3,(H,20,24). The lowest BCUT2D eigenvalue weighted by Crippen LogP contribution is -2.31. The first-order chi connectivity index (χ1) is 12.9. The number of rotatable bonds is 8. The summed E-state index contributed by atoms with van der Waals surface area (Å²) in [5, 5.41) is 6.63. The summed E-state index contributed by atoms with van der Waals surface area (Å²) < 4.78 is 11.7. The summed E-state index contributed by atoms with van der Waals surface area (Å²) in [7, 11) is 0. The van der Waals surface area contributed by atoms with Gasteiger partial charge in [-0.2, -0.15) is 5.10 Å². The Morgan fingerprint density at radius 1 is 1.15 bits per heavy atom. The van der Waals surface area contributed by atoms with E-state index in [0.717, 1.165) is 0 Å². The molecule has 0 fully saturated rings. The second kappa shape index (κ2) is 9.51. The molecule has 1 atom stereocenters. The molecule has 0 aliphatic carbocycles. The van der Waals surface area contributed by atoms with Gasteiger partial charge in [-0.3, -0.25) is 9.59 Å². The second-order valence-corrected chi connectivity index (χ2v) is 5.77. The molecule has 1 N–H and O–H groups in total. The number of hydrogen-bond donors (Lipinski definition) is 1. The molecule has 8 heteroatoms. The Kier molecular flexibility index (Phi) is 7.10. The van der Waals surface area contributed by atoms with Crippen LogP contribution in [0.3, 0.4) is 0 Å². The van der Waals surface area contributed by atoms with E-state index in [1.807, 2.05) is 13.8 Å². The minimum atomic E-state index is -1.03. The van der Waals surface area contributed by atoms with Gasteiger partial charge < -0.3 is 14.8 Å². The highest BCUT2D eigenvalue weighted by Gasteiger charge is 2.20. The first-order valence-electron chi connectivity index (χ1n) is 8.77. The number of nitrogens with zero attached hydrogens (tertiary/aromatic N) is 2. The van der Waals surface area contributed by atoms with E-state index < -0.39 is 18.0 Å². The number of esters is 1. The number of aryl methyl sites for hydroxylation is 1. The summed E-state index contributed by atoms with van der Waals surface area (Å²) in [6.45, 7) is 6.19. The van der Waals surface area contributed by atoms with Crippen LogP contribution in [-0.2, 0) is 16.1 Å². The molecule has 0 aliphatic rings. The second-order valence-electron chi connectivity index (χ2n) is 5.77. The van der Waals surface area contributed by atoms with E-state index in [0.29, 0.717) is 31.0 Å². The third-order valence-corrected chi connectivity index (χ3v) is 3.60. The molecule has 1 heterocycles. The molecule has 2 aromatic rings. The van der Waals surface area contributed by atoms with Gasteiger partial charge in [0, 0.05) is 18.3 Å². The van der Waals surface area contributed by atoms with Crippen molar-refractivity contribution >= 4 is 17.6 Å². The molecule has 1 aromatic carbocycles. The predicted octanol–water partition coefficient (Wildman–Crippen LogP) is 2.24. The van der Waals surface area contributed by atoms with Gasteiger partial charge in [-0.25, -0.2) is 9.48 Å². The maximum atomic E-state index is 12.2. The van der Waals surface area contributed by atoms with Crippen LogP contribution in [0.4, 0.5) is 5.69 Å². The fourth-order valence-corrected chi connectivity index (χ4v) is 2.25. The summed E-state index contributed by atoms with van der Waals surface area (Å²) in [5.41, 5.74) is 0.236. The number of benzene rings is 1. The van der Waals surface area contributed by atoms with Crippen molar-refractivity contribution in [2.45, 2.75) is 39.8 Å². The van der Waals surface area contributed by atoms with Gasteiger partial charge in [0.05, 0.1) is 6.61 Å². The third-order valence-electron chi connectivity index (χ3n) is 3.60. The Bertz CT molecular complexity index is 845. The predicted molar refractivity (Wildman–Crippen MR) is 99.9 cm³/mol. The van der Waals surface area contributed by atoms with Gasteiger partial charge in [-0.1, -0.05) is 6.92 Å². The van der Waals surface area contributed by atoms with E-state index in [-0.39, 0.29) is 11.3 Å². The quantitative estimate of drug-likeness (QED) is 0.713. The number of amides is 1. The highest BCUT2D eigenvalue weighted by Crippen LogP contribution is 2.16. The number of nitrogens with one attached hydrogen (secondary N) is 1. The molecule has 0 aliphatic heterocycles. The smallest absolute Gasteiger partial charge is 0.359 e. The first kappa shape index (κ1) is 20.2. The number of ether oxygens (including phenoxy) is 2. The van der Waals surface area contributed by atoms with Crippen molar-refractivity contribution in [3.05, 3.63) is 52.4 Å². The van der Waals surface area contributed by atoms with Gasteiger partial charge in [0.15, 0.2) is 11.8 Å².